The SMILES string of the molecule is CN(C)c1n[nH]c(N(C)Cc2cccc(O)c2O)n1.CN(C)c1n[nH]c(NCc2cccc(O)c2O)n1.CN(C)c1nnc(NCc2cccc(O)c2O)n1C.CN(Cc1cccc(O)c1O)c1n[nH]c(N)n1.CN(Cc1cccc(O)c1O)c1nnc(N)n1C.CNc1n[nH]c(NCc2cccc(O)c2O)n1.CNc1nc(N(C)Cc2cccc(O)c2O)n[nH]1.Cn1c(N)nnc1NCc1cccc(O)c1O. The number of nitrogens with two attached hydrogens (primary N) is 3. The molecule has 0 bridgehead atoms. The Morgan fingerprint density at radius 1 is 0.280 bits per heavy atom. The standard InChI is InChI=1S/2C12H17N5O2.3C11H15N5O2.3C10H13N5O2/c1-16(2)11-13-12(15-14-11)17(3)7-8-5-4-6-9(18)10(8)19;1-16(2)12-15-14-11(17(12)3)13-7-8-5-4-6-9(18)10(8)19;1-15(11-14-13-10(12)16(11)2)6-7-4-3-5-8(17)9(7)18;1-16(2)11-13-10(14-15-11)12-6-7-4-3-5-8(17)9(7)18;1-12-10-13-11(15-14-10)16(2)6-7-4-3-5-8(17)9(7)18;1-15(10-12-9(11)13-14-10)5-6-3-2-4-7(16)8(6)17;1-15-9(11)13-14-10(15)12-5-6-3-2-4-7(16)8(6)17;1-11-9-13-10(15-14-9)12-5-6-3-2-4-7(16)8(6)17/h4-6,18-19H,7H2,1-3H3,(H,13,14,15);4-6,18-19H,7H2,1-3H3,(H,13,14);3-5,17-18H,6H2,1-2H3,(H2,12,13);2*3-5,17-18H,6H2,1-2H3,(H2,12,13,14,15);2-4,16-17H,5H2,1H3,(H3,11,12,13,14);2-4,16-17H,5H2,1H3,(H2,11,13)(H,12,14);2-4,16-17H,5H2,1H3,(H3,11,12,13,14,15). The fourth-order valence-electron chi connectivity index (χ4n) is 12.3. The number of para-hydroxylation sites is 8. The molecule has 143 heavy (non-hydrogen) atoms. The van der Waals surface area contributed by atoms with Gasteiger partial charge in [-0.15, -0.1) is 56.1 Å². The highest BCUT2D eigenvalue weighted by Gasteiger charge is 2.21. The van der Waals surface area contributed by atoms with Crippen molar-refractivity contribution in [3.05, 3.63) is 190 Å². The summed E-state index contributed by atoms with van der Waals surface area (Å²) in [6, 6.07) is 38.5. The minimum absolute atomic E-state index is 0.110. The lowest BCUT2D eigenvalue weighted by Crippen LogP contribution is -2.20. The van der Waals surface area contributed by atoms with E-state index in [-0.39, 0.29) is 97.9 Å². The third-order valence-electron chi connectivity index (χ3n) is 20.3. The second kappa shape index (κ2) is 50.3. The molecule has 8 heterocycles. The first-order valence-corrected chi connectivity index (χ1v) is 42.8. The lowest BCUT2D eigenvalue weighted by atomic mass is 10.2. The summed E-state index contributed by atoms with van der Waals surface area (Å²) in [6.07, 6.45) is 0. The van der Waals surface area contributed by atoms with Gasteiger partial charge in [-0.25, -0.2) is 25.5 Å². The topological polar surface area (TPSA) is 797 Å². The van der Waals surface area contributed by atoms with E-state index in [1.807, 2.05) is 61.3 Å². The average molecular weight is 1980 g/mol. The molecular weight excluding hydrogens is 1860 g/mol. The van der Waals surface area contributed by atoms with Crippen LogP contribution in [-0.4, -0.2) is 286 Å². The zero-order valence-corrected chi connectivity index (χ0v) is 80.5. The fourth-order valence-corrected chi connectivity index (χ4v) is 12.3. The molecule has 0 saturated heterocycles. The largest absolute Gasteiger partial charge is 0.504 e. The minimum Gasteiger partial charge on any atom is -0.504 e. The Morgan fingerprint density at radius 3 is 0.923 bits per heavy atom. The lowest BCUT2D eigenvalue weighted by molar-refractivity contribution is 0.399. The van der Waals surface area contributed by atoms with Crippen LogP contribution in [0.1, 0.15) is 44.5 Å². The first-order valence-electron chi connectivity index (χ1n) is 42.8. The summed E-state index contributed by atoms with van der Waals surface area (Å²) in [7, 11) is 27.1. The van der Waals surface area contributed by atoms with Crippen molar-refractivity contribution in [1.82, 2.24) is 120 Å². The van der Waals surface area contributed by atoms with Crippen LogP contribution in [0.4, 0.5) is 95.2 Å². The molecule has 0 radical (unpaired) electrons. The van der Waals surface area contributed by atoms with Gasteiger partial charge in [-0.1, -0.05) is 97.1 Å². The highest BCUT2D eigenvalue weighted by atomic mass is 16.3. The van der Waals surface area contributed by atoms with Gasteiger partial charge < -0.3 is 165 Å². The average Bonchev–Trinajstić information content (AvgIpc) is 1.80. The van der Waals surface area contributed by atoms with E-state index in [1.54, 1.807) is 189 Å². The molecule has 0 saturated carbocycles. The summed E-state index contributed by atoms with van der Waals surface area (Å²) in [5.41, 5.74) is 21.2. The molecule has 0 unspecified atom stereocenters. The van der Waals surface area contributed by atoms with Crippen LogP contribution in [-0.2, 0) is 73.5 Å². The third kappa shape index (κ3) is 29.7. The Hall–Kier alpha value is -19.5. The second-order valence-corrected chi connectivity index (χ2v) is 31.5. The van der Waals surface area contributed by atoms with Gasteiger partial charge >= 0.3 is 0 Å². The van der Waals surface area contributed by atoms with Crippen molar-refractivity contribution in [2.75, 3.05) is 168 Å². The van der Waals surface area contributed by atoms with E-state index in [2.05, 4.69) is 138 Å². The van der Waals surface area contributed by atoms with Crippen molar-refractivity contribution in [3.63, 3.8) is 0 Å². The quantitative estimate of drug-likeness (QED) is 0.0247. The summed E-state index contributed by atoms with van der Waals surface area (Å²) < 4.78 is 5.03. The monoisotopic (exact) mass is 1980 g/mol. The van der Waals surface area contributed by atoms with Crippen molar-refractivity contribution in [2.45, 2.75) is 52.4 Å². The highest BCUT2D eigenvalue weighted by Crippen LogP contribution is 2.37. The van der Waals surface area contributed by atoms with E-state index in [9.17, 15) is 81.7 Å². The molecule has 0 fully saturated rings. The van der Waals surface area contributed by atoms with Gasteiger partial charge in [0.05, 0.1) is 0 Å². The van der Waals surface area contributed by atoms with Gasteiger partial charge in [-0.2, -0.15) is 24.9 Å². The van der Waals surface area contributed by atoms with E-state index in [0.717, 1.165) is 5.95 Å². The zero-order valence-electron chi connectivity index (χ0n) is 80.5. The molecular formula is C87H118N40O16. The Kier molecular flexibility index (Phi) is 37.7. The van der Waals surface area contributed by atoms with Gasteiger partial charge in [-0.05, 0) is 48.5 Å². The summed E-state index contributed by atoms with van der Waals surface area (Å²) in [5.74, 6) is 5.80. The minimum atomic E-state index is -0.151. The van der Waals surface area contributed by atoms with Gasteiger partial charge in [0, 0.05) is 203 Å². The second-order valence-electron chi connectivity index (χ2n) is 31.5. The van der Waals surface area contributed by atoms with Gasteiger partial charge in [-0.3, -0.25) is 13.7 Å². The number of hydrogen-bond acceptors (Lipinski definition) is 48. The molecule has 0 spiro atoms. The first kappa shape index (κ1) is 107. The summed E-state index contributed by atoms with van der Waals surface area (Å²) in [6.45, 7) is 2.86. The van der Waals surface area contributed by atoms with Crippen molar-refractivity contribution in [2.24, 2.45) is 21.1 Å². The van der Waals surface area contributed by atoms with Crippen LogP contribution in [0.3, 0.4) is 0 Å². The summed E-state index contributed by atoms with van der Waals surface area (Å²) >= 11 is 0. The molecule has 0 atom stereocenters. The van der Waals surface area contributed by atoms with Crippen LogP contribution in [0.5, 0.6) is 92.0 Å². The molecule has 33 N–H and O–H groups in total. The molecule has 0 aliphatic rings. The zero-order chi connectivity index (χ0) is 105. The number of H-pyrrole nitrogens is 5. The molecule has 8 aromatic carbocycles. The van der Waals surface area contributed by atoms with Crippen LogP contribution in [0.15, 0.2) is 146 Å². The summed E-state index contributed by atoms with van der Waals surface area (Å²) in [5, 5.41) is 226. The molecule has 16 rings (SSSR count). The molecule has 0 aliphatic carbocycles. The van der Waals surface area contributed by atoms with E-state index >= 15 is 0 Å². The predicted molar refractivity (Wildman–Crippen MR) is 536 cm³/mol. The van der Waals surface area contributed by atoms with E-state index < -0.39 is 0 Å². The predicted octanol–water partition coefficient (Wildman–Crippen LogP) is 5.78. The van der Waals surface area contributed by atoms with Gasteiger partial charge in [0.2, 0.25) is 95.2 Å². The number of aromatic hydroxyl groups is 16. The normalized spacial score (nSPS) is 10.4. The highest BCUT2D eigenvalue weighted by molar-refractivity contribution is 5.55. The molecule has 762 valence electrons. The van der Waals surface area contributed by atoms with Crippen molar-refractivity contribution in [3.8, 4) is 92.0 Å². The first-order chi connectivity index (χ1) is 68.1. The smallest absolute Gasteiger partial charge is 0.246 e. The van der Waals surface area contributed by atoms with Crippen LogP contribution in [0.2, 0.25) is 0 Å². The lowest BCUT2D eigenvalue weighted by Gasteiger charge is -2.18. The van der Waals surface area contributed by atoms with Gasteiger partial charge in [0.25, 0.3) is 0 Å². The van der Waals surface area contributed by atoms with Crippen LogP contribution in [0, 0.1) is 0 Å². The van der Waals surface area contributed by atoms with Gasteiger partial charge in [0.1, 0.15) is 0 Å². The van der Waals surface area contributed by atoms with Crippen molar-refractivity contribution in [1.29, 1.82) is 0 Å². The Morgan fingerprint density at radius 2 is 0.587 bits per heavy atom. The molecule has 0 aliphatic heterocycles. The number of nitrogens with zero attached hydrogens (tertiary/aromatic N) is 26. The van der Waals surface area contributed by atoms with E-state index in [4.69, 9.17) is 17.2 Å². The van der Waals surface area contributed by atoms with E-state index in [0.29, 0.717) is 180 Å². The number of rotatable bonds is 29. The number of benzene rings is 8. The number of nitrogens with one attached hydrogen (secondary N) is 11. The number of aromatic amines is 5. The molecule has 8 aromatic heterocycles. The molecule has 56 heteroatoms. The Labute approximate surface area is 817 Å². The maximum absolute atomic E-state index is 9.76. The third-order valence-corrected chi connectivity index (χ3v) is 20.3. The maximum atomic E-state index is 9.76. The number of anilines is 16. The van der Waals surface area contributed by atoms with Gasteiger partial charge in [0.15, 0.2) is 92.0 Å². The fraction of sp³-hybridized carbons (Fsp3) is 0.264. The van der Waals surface area contributed by atoms with Crippen LogP contribution < -0.4 is 83.4 Å². The number of aromatic nitrogens is 24. The van der Waals surface area contributed by atoms with Crippen molar-refractivity contribution < 1.29 is 81.7 Å². The molecule has 16 aromatic rings. The van der Waals surface area contributed by atoms with Crippen LogP contribution >= 0.6 is 0 Å². The number of nitrogen functional groups attached to an aromatic ring is 3. The maximum Gasteiger partial charge on any atom is 0.246 e. The summed E-state index contributed by atoms with van der Waals surface area (Å²) in [4.78, 5) is 33.1. The Balaban J connectivity index is 0.000000182. The molecule has 0 amide bonds. The number of phenols is 16. The van der Waals surface area contributed by atoms with Crippen molar-refractivity contribution >= 4 is 95.2 Å². The number of hydrogen-bond donors (Lipinski definition) is 30. The Bertz CT molecular complexity index is 6730. The van der Waals surface area contributed by atoms with E-state index in [1.165, 1.54) is 48.5 Å². The molecule has 56 nitrogen and oxygen atoms in total. The number of phenolic OH excluding ortho intramolecular Hbond substituents is 16. The van der Waals surface area contributed by atoms with Crippen LogP contribution in [0.25, 0.3) is 0 Å².